The summed E-state index contributed by atoms with van der Waals surface area (Å²) in [7, 11) is 1.52. The Kier molecular flexibility index (Phi) is 5.04. The van der Waals surface area contributed by atoms with Crippen molar-refractivity contribution in [3.63, 3.8) is 0 Å². The van der Waals surface area contributed by atoms with Crippen molar-refractivity contribution < 1.29 is 19.1 Å². The number of nitrogens with zero attached hydrogens (tertiary/aromatic N) is 1. The van der Waals surface area contributed by atoms with E-state index in [1.807, 2.05) is 36.4 Å². The molecule has 0 unspecified atom stereocenters. The van der Waals surface area contributed by atoms with Gasteiger partial charge in [-0.05, 0) is 35.9 Å². The van der Waals surface area contributed by atoms with Crippen molar-refractivity contribution in [2.24, 2.45) is 0 Å². The summed E-state index contributed by atoms with van der Waals surface area (Å²) < 4.78 is 10.5. The Bertz CT molecular complexity index is 828. The maximum atomic E-state index is 13.0. The highest BCUT2D eigenvalue weighted by molar-refractivity contribution is 5.97. The van der Waals surface area contributed by atoms with Crippen LogP contribution >= 0.6 is 0 Å². The van der Waals surface area contributed by atoms with Crippen LogP contribution in [0, 0.1) is 0 Å². The normalized spacial score (nSPS) is 10.4. The molecule has 1 amide bonds. The molecule has 5 nitrogen and oxygen atoms in total. The average Bonchev–Trinajstić information content (AvgIpc) is 3.15. The number of phenolic OH excluding ortho intramolecular Hbond substituents is 1. The number of carbonyl (C=O) groups excluding carboxylic acids is 1. The van der Waals surface area contributed by atoms with E-state index < -0.39 is 0 Å². The van der Waals surface area contributed by atoms with Crippen molar-refractivity contribution >= 4 is 5.91 Å². The minimum Gasteiger partial charge on any atom is -0.507 e. The summed E-state index contributed by atoms with van der Waals surface area (Å²) in [6.45, 7) is 0.703. The number of hydrogen-bond donors (Lipinski definition) is 1. The predicted molar refractivity (Wildman–Crippen MR) is 93.4 cm³/mol. The molecule has 1 aromatic heterocycles. The Balaban J connectivity index is 1.91. The van der Waals surface area contributed by atoms with Crippen LogP contribution < -0.4 is 4.74 Å². The summed E-state index contributed by atoms with van der Waals surface area (Å²) in [4.78, 5) is 14.7. The molecule has 0 atom stereocenters. The number of methoxy groups -OCH3 is 1. The van der Waals surface area contributed by atoms with Crippen LogP contribution in [0.4, 0.5) is 0 Å². The van der Waals surface area contributed by atoms with Gasteiger partial charge in [-0.3, -0.25) is 4.79 Å². The number of amides is 1. The van der Waals surface area contributed by atoms with E-state index in [9.17, 15) is 9.90 Å². The molecule has 0 fully saturated rings. The molecule has 25 heavy (non-hydrogen) atoms. The average molecular weight is 337 g/mol. The number of phenols is 1. The van der Waals surface area contributed by atoms with E-state index in [4.69, 9.17) is 9.15 Å². The van der Waals surface area contributed by atoms with Crippen molar-refractivity contribution in [2.45, 2.75) is 13.1 Å². The maximum absolute atomic E-state index is 13.0. The monoisotopic (exact) mass is 337 g/mol. The number of hydrogen-bond acceptors (Lipinski definition) is 4. The second-order valence-corrected chi connectivity index (χ2v) is 5.61. The smallest absolute Gasteiger partial charge is 0.258 e. The third kappa shape index (κ3) is 4.01. The fourth-order valence-electron chi connectivity index (χ4n) is 2.58. The highest BCUT2D eigenvalue weighted by Gasteiger charge is 2.21. The molecule has 0 aliphatic rings. The molecule has 0 radical (unpaired) electrons. The lowest BCUT2D eigenvalue weighted by Gasteiger charge is -2.22. The maximum Gasteiger partial charge on any atom is 0.258 e. The standard InChI is InChI=1S/C20H19NO4/c1-24-16-9-10-19(22)18(12-16)20(23)21(14-17-8-5-11-25-17)13-15-6-3-2-4-7-15/h2-12,22H,13-14H2,1H3. The van der Waals surface area contributed by atoms with E-state index in [2.05, 4.69) is 0 Å². The van der Waals surface area contributed by atoms with Gasteiger partial charge in [0.05, 0.1) is 25.5 Å². The summed E-state index contributed by atoms with van der Waals surface area (Å²) in [6.07, 6.45) is 1.57. The van der Waals surface area contributed by atoms with E-state index in [1.54, 1.807) is 23.3 Å². The summed E-state index contributed by atoms with van der Waals surface area (Å²) in [5.41, 5.74) is 1.19. The van der Waals surface area contributed by atoms with Gasteiger partial charge in [0, 0.05) is 6.54 Å². The van der Waals surface area contributed by atoms with Crippen molar-refractivity contribution in [3.8, 4) is 11.5 Å². The van der Waals surface area contributed by atoms with Gasteiger partial charge in [0.25, 0.3) is 5.91 Å². The summed E-state index contributed by atoms with van der Waals surface area (Å²) in [6, 6.07) is 17.9. The third-order valence-corrected chi connectivity index (χ3v) is 3.86. The molecule has 0 aliphatic heterocycles. The molecule has 1 N–H and O–H groups in total. The van der Waals surface area contributed by atoms with Gasteiger partial charge in [0.2, 0.25) is 0 Å². The molecule has 0 saturated heterocycles. The van der Waals surface area contributed by atoms with Gasteiger partial charge < -0.3 is 19.2 Å². The van der Waals surface area contributed by atoms with Gasteiger partial charge in [0.15, 0.2) is 0 Å². The van der Waals surface area contributed by atoms with Gasteiger partial charge in [-0.2, -0.15) is 0 Å². The second kappa shape index (κ2) is 7.57. The molecule has 3 aromatic rings. The Hall–Kier alpha value is -3.21. The Morgan fingerprint density at radius 3 is 2.56 bits per heavy atom. The van der Waals surface area contributed by atoms with Gasteiger partial charge in [0.1, 0.15) is 17.3 Å². The van der Waals surface area contributed by atoms with Gasteiger partial charge in [-0.1, -0.05) is 30.3 Å². The zero-order valence-corrected chi connectivity index (χ0v) is 13.9. The zero-order valence-electron chi connectivity index (χ0n) is 13.9. The molecular formula is C20H19NO4. The number of aromatic hydroxyl groups is 1. The number of ether oxygens (including phenoxy) is 1. The number of rotatable bonds is 6. The lowest BCUT2D eigenvalue weighted by molar-refractivity contribution is 0.0714. The minimum atomic E-state index is -0.295. The third-order valence-electron chi connectivity index (χ3n) is 3.86. The molecular weight excluding hydrogens is 318 g/mol. The van der Waals surface area contributed by atoms with E-state index in [0.717, 1.165) is 5.56 Å². The molecule has 0 aliphatic carbocycles. The zero-order chi connectivity index (χ0) is 17.6. The quantitative estimate of drug-likeness (QED) is 0.742. The number of furan rings is 1. The largest absolute Gasteiger partial charge is 0.507 e. The summed E-state index contributed by atoms with van der Waals surface area (Å²) >= 11 is 0. The van der Waals surface area contributed by atoms with Crippen LogP contribution in [0.2, 0.25) is 0 Å². The number of benzene rings is 2. The first-order valence-electron chi connectivity index (χ1n) is 7.90. The molecule has 2 aromatic carbocycles. The van der Waals surface area contributed by atoms with E-state index >= 15 is 0 Å². The minimum absolute atomic E-state index is 0.0803. The molecule has 3 rings (SSSR count). The number of carbonyl (C=O) groups is 1. The molecule has 128 valence electrons. The van der Waals surface area contributed by atoms with Crippen LogP contribution in [0.15, 0.2) is 71.3 Å². The summed E-state index contributed by atoms with van der Waals surface area (Å²) in [5.74, 6) is 0.811. The molecule has 0 saturated carbocycles. The summed E-state index contributed by atoms with van der Waals surface area (Å²) in [5, 5.41) is 10.1. The van der Waals surface area contributed by atoms with Gasteiger partial charge >= 0.3 is 0 Å². The molecule has 1 heterocycles. The lowest BCUT2D eigenvalue weighted by Crippen LogP contribution is -2.30. The molecule has 5 heteroatoms. The van der Waals surface area contributed by atoms with Crippen molar-refractivity contribution in [3.05, 3.63) is 83.8 Å². The first-order chi connectivity index (χ1) is 12.2. The lowest BCUT2D eigenvalue weighted by atomic mass is 10.1. The molecule has 0 spiro atoms. The highest BCUT2D eigenvalue weighted by Crippen LogP contribution is 2.25. The van der Waals surface area contributed by atoms with E-state index in [1.165, 1.54) is 19.2 Å². The van der Waals surface area contributed by atoms with Crippen LogP contribution in [-0.4, -0.2) is 23.0 Å². The van der Waals surface area contributed by atoms with Gasteiger partial charge in [-0.15, -0.1) is 0 Å². The van der Waals surface area contributed by atoms with Crippen LogP contribution in [0.3, 0.4) is 0 Å². The van der Waals surface area contributed by atoms with Crippen LogP contribution in [0.5, 0.6) is 11.5 Å². The predicted octanol–water partition coefficient (Wildman–Crippen LogP) is 3.84. The van der Waals surface area contributed by atoms with E-state index in [0.29, 0.717) is 24.6 Å². The second-order valence-electron chi connectivity index (χ2n) is 5.61. The topological polar surface area (TPSA) is 62.9 Å². The fraction of sp³-hybridized carbons (Fsp3) is 0.150. The van der Waals surface area contributed by atoms with Crippen LogP contribution in [0.1, 0.15) is 21.7 Å². The Morgan fingerprint density at radius 2 is 1.88 bits per heavy atom. The Labute approximate surface area is 146 Å². The molecule has 0 bridgehead atoms. The first kappa shape index (κ1) is 16.6. The van der Waals surface area contributed by atoms with Crippen LogP contribution in [0.25, 0.3) is 0 Å². The van der Waals surface area contributed by atoms with Gasteiger partial charge in [-0.25, -0.2) is 0 Å². The van der Waals surface area contributed by atoms with Crippen molar-refractivity contribution in [1.29, 1.82) is 0 Å². The fourth-order valence-corrected chi connectivity index (χ4v) is 2.58. The SMILES string of the molecule is COc1ccc(O)c(C(=O)N(Cc2ccccc2)Cc2ccco2)c1. The van der Waals surface area contributed by atoms with Crippen LogP contribution in [-0.2, 0) is 13.1 Å². The Morgan fingerprint density at radius 1 is 1.08 bits per heavy atom. The highest BCUT2D eigenvalue weighted by atomic mass is 16.5. The van der Waals surface area contributed by atoms with Crippen molar-refractivity contribution in [1.82, 2.24) is 4.90 Å². The first-order valence-corrected chi connectivity index (χ1v) is 7.90. The van der Waals surface area contributed by atoms with Crippen molar-refractivity contribution in [2.75, 3.05) is 7.11 Å². The van der Waals surface area contributed by atoms with E-state index in [-0.39, 0.29) is 17.2 Å².